The molecule has 0 fully saturated rings. The van der Waals surface area contributed by atoms with Gasteiger partial charge >= 0.3 is 0 Å². The third kappa shape index (κ3) is 3.47. The zero-order valence-electron chi connectivity index (χ0n) is 9.79. The summed E-state index contributed by atoms with van der Waals surface area (Å²) in [5, 5.41) is 3.89. The Morgan fingerprint density at radius 3 is 2.68 bits per heavy atom. The lowest BCUT2D eigenvalue weighted by Gasteiger charge is -2.16. The number of hydrogen-bond donors (Lipinski definition) is 1. The Bertz CT molecular complexity index is 607. The van der Waals surface area contributed by atoms with E-state index < -0.39 is 5.82 Å². The summed E-state index contributed by atoms with van der Waals surface area (Å²) in [6, 6.07) is 4.85. The van der Waals surface area contributed by atoms with Gasteiger partial charge < -0.3 is 5.32 Å². The van der Waals surface area contributed by atoms with E-state index in [-0.39, 0.29) is 17.1 Å². The number of nitrogens with one attached hydrogen (secondary N) is 1. The molecule has 0 aliphatic carbocycles. The average Bonchev–Trinajstić information content (AvgIpc) is 2.33. The average molecular weight is 321 g/mol. The second kappa shape index (κ2) is 5.90. The van der Waals surface area contributed by atoms with E-state index in [4.69, 9.17) is 34.8 Å². The van der Waals surface area contributed by atoms with E-state index in [1.54, 1.807) is 18.2 Å². The van der Waals surface area contributed by atoms with Gasteiger partial charge in [-0.1, -0.05) is 29.3 Å². The zero-order chi connectivity index (χ0) is 14.0. The molecule has 0 aliphatic rings. The molecule has 1 atom stereocenters. The van der Waals surface area contributed by atoms with Gasteiger partial charge in [-0.3, -0.25) is 0 Å². The van der Waals surface area contributed by atoms with Crippen LogP contribution in [0.5, 0.6) is 0 Å². The second-order valence-corrected chi connectivity index (χ2v) is 5.05. The van der Waals surface area contributed by atoms with E-state index in [0.29, 0.717) is 10.0 Å². The summed E-state index contributed by atoms with van der Waals surface area (Å²) in [6.07, 6.45) is 1.01. The van der Waals surface area contributed by atoms with Gasteiger partial charge in [0, 0.05) is 10.0 Å². The first kappa shape index (κ1) is 14.3. The Kier molecular flexibility index (Phi) is 4.45. The second-order valence-electron chi connectivity index (χ2n) is 3.87. The molecule has 0 saturated heterocycles. The maximum atomic E-state index is 13.5. The lowest BCUT2D eigenvalue weighted by atomic mass is 10.1. The Balaban J connectivity index is 2.25. The molecule has 3 nitrogen and oxygen atoms in total. The third-order valence-electron chi connectivity index (χ3n) is 2.50. The predicted octanol–water partition coefficient (Wildman–Crippen LogP) is 4.75. The SMILES string of the molecule is CC(Nc1nc(Cl)ncc1F)c1ccc(Cl)cc1Cl. The summed E-state index contributed by atoms with van der Waals surface area (Å²) < 4.78 is 13.5. The van der Waals surface area contributed by atoms with Crippen LogP contribution >= 0.6 is 34.8 Å². The van der Waals surface area contributed by atoms with Gasteiger partial charge in [-0.05, 0) is 36.2 Å². The van der Waals surface area contributed by atoms with Crippen LogP contribution in [0.3, 0.4) is 0 Å². The van der Waals surface area contributed by atoms with Crippen molar-refractivity contribution in [2.24, 2.45) is 0 Å². The summed E-state index contributed by atoms with van der Waals surface area (Å²) in [5.41, 5.74) is 0.778. The molecule has 0 saturated carbocycles. The smallest absolute Gasteiger partial charge is 0.224 e. The van der Waals surface area contributed by atoms with Crippen LogP contribution in [0.4, 0.5) is 10.2 Å². The van der Waals surface area contributed by atoms with Crippen LogP contribution in [0.1, 0.15) is 18.5 Å². The molecule has 1 N–H and O–H groups in total. The van der Waals surface area contributed by atoms with E-state index in [2.05, 4.69) is 15.3 Å². The molecule has 0 amide bonds. The van der Waals surface area contributed by atoms with Gasteiger partial charge in [-0.25, -0.2) is 9.37 Å². The zero-order valence-corrected chi connectivity index (χ0v) is 12.1. The molecule has 1 unspecified atom stereocenters. The van der Waals surface area contributed by atoms with E-state index in [1.165, 1.54) is 0 Å². The van der Waals surface area contributed by atoms with Gasteiger partial charge in [0.25, 0.3) is 0 Å². The predicted molar refractivity (Wildman–Crippen MR) is 75.5 cm³/mol. The molecule has 0 spiro atoms. The number of halogens is 4. The number of hydrogen-bond acceptors (Lipinski definition) is 3. The molecule has 1 heterocycles. The molecular formula is C12H9Cl3FN3. The van der Waals surface area contributed by atoms with Gasteiger partial charge in [-0.15, -0.1) is 0 Å². The van der Waals surface area contributed by atoms with Crippen LogP contribution in [0.25, 0.3) is 0 Å². The minimum Gasteiger partial charge on any atom is -0.361 e. The van der Waals surface area contributed by atoms with Crippen molar-refractivity contribution in [3.63, 3.8) is 0 Å². The highest BCUT2D eigenvalue weighted by Crippen LogP contribution is 2.28. The highest BCUT2D eigenvalue weighted by atomic mass is 35.5. The monoisotopic (exact) mass is 319 g/mol. The standard InChI is InChI=1S/C12H9Cl3FN3/c1-6(8-3-2-7(13)4-9(8)14)18-11-10(16)5-17-12(15)19-11/h2-6H,1H3,(H,17,18,19). The number of benzene rings is 1. The molecule has 2 rings (SSSR count). The lowest BCUT2D eigenvalue weighted by molar-refractivity contribution is 0.613. The van der Waals surface area contributed by atoms with Gasteiger partial charge in [-0.2, -0.15) is 4.98 Å². The molecule has 0 aliphatic heterocycles. The van der Waals surface area contributed by atoms with E-state index in [0.717, 1.165) is 11.8 Å². The van der Waals surface area contributed by atoms with Crippen molar-refractivity contribution >= 4 is 40.6 Å². The fraction of sp³-hybridized carbons (Fsp3) is 0.167. The number of anilines is 1. The summed E-state index contributed by atoms with van der Waals surface area (Å²) in [4.78, 5) is 7.33. The molecule has 0 bridgehead atoms. The first-order valence-electron chi connectivity index (χ1n) is 5.37. The Morgan fingerprint density at radius 1 is 1.26 bits per heavy atom. The van der Waals surface area contributed by atoms with Crippen LogP contribution in [-0.2, 0) is 0 Å². The maximum absolute atomic E-state index is 13.5. The fourth-order valence-electron chi connectivity index (χ4n) is 1.58. The number of rotatable bonds is 3. The molecule has 19 heavy (non-hydrogen) atoms. The highest BCUT2D eigenvalue weighted by molar-refractivity contribution is 6.35. The largest absolute Gasteiger partial charge is 0.361 e. The molecule has 1 aromatic carbocycles. The normalized spacial score (nSPS) is 12.3. The molecule has 100 valence electrons. The quantitative estimate of drug-likeness (QED) is 0.829. The van der Waals surface area contributed by atoms with Crippen LogP contribution in [-0.4, -0.2) is 9.97 Å². The topological polar surface area (TPSA) is 37.8 Å². The minimum absolute atomic E-state index is 0.0264. The van der Waals surface area contributed by atoms with Gasteiger partial charge in [0.05, 0.1) is 12.2 Å². The van der Waals surface area contributed by atoms with Crippen LogP contribution < -0.4 is 5.32 Å². The summed E-state index contributed by atoms with van der Waals surface area (Å²) in [7, 11) is 0. The van der Waals surface area contributed by atoms with Crippen molar-refractivity contribution in [2.45, 2.75) is 13.0 Å². The van der Waals surface area contributed by atoms with Crippen molar-refractivity contribution in [3.8, 4) is 0 Å². The highest BCUT2D eigenvalue weighted by Gasteiger charge is 2.13. The maximum Gasteiger partial charge on any atom is 0.224 e. The van der Waals surface area contributed by atoms with Gasteiger partial charge in [0.15, 0.2) is 11.6 Å². The molecule has 7 heteroatoms. The van der Waals surface area contributed by atoms with Crippen molar-refractivity contribution < 1.29 is 4.39 Å². The van der Waals surface area contributed by atoms with E-state index in [9.17, 15) is 4.39 Å². The summed E-state index contributed by atoms with van der Waals surface area (Å²) in [6.45, 7) is 1.82. The molecule has 0 radical (unpaired) electrons. The first-order chi connectivity index (χ1) is 8.97. The summed E-state index contributed by atoms with van der Waals surface area (Å²) >= 11 is 17.5. The minimum atomic E-state index is -0.582. The third-order valence-corrected chi connectivity index (χ3v) is 3.24. The van der Waals surface area contributed by atoms with Crippen LogP contribution in [0.2, 0.25) is 15.3 Å². The molecular weight excluding hydrogens is 312 g/mol. The van der Waals surface area contributed by atoms with E-state index >= 15 is 0 Å². The van der Waals surface area contributed by atoms with Gasteiger partial charge in [0.1, 0.15) is 0 Å². The van der Waals surface area contributed by atoms with Crippen molar-refractivity contribution in [2.75, 3.05) is 5.32 Å². The van der Waals surface area contributed by atoms with Gasteiger partial charge in [0.2, 0.25) is 5.28 Å². The van der Waals surface area contributed by atoms with Crippen LogP contribution in [0, 0.1) is 5.82 Å². The number of aromatic nitrogens is 2. The van der Waals surface area contributed by atoms with Crippen LogP contribution in [0.15, 0.2) is 24.4 Å². The van der Waals surface area contributed by atoms with Crippen molar-refractivity contribution in [1.82, 2.24) is 9.97 Å². The molecule has 1 aromatic heterocycles. The van der Waals surface area contributed by atoms with Crippen molar-refractivity contribution in [3.05, 3.63) is 51.1 Å². The molecule has 2 aromatic rings. The lowest BCUT2D eigenvalue weighted by Crippen LogP contribution is -2.10. The Labute approximate surface area is 124 Å². The summed E-state index contributed by atoms with van der Waals surface area (Å²) in [5.74, 6) is -0.556. The first-order valence-corrected chi connectivity index (χ1v) is 6.50. The van der Waals surface area contributed by atoms with Crippen molar-refractivity contribution in [1.29, 1.82) is 0 Å². The fourth-order valence-corrected chi connectivity index (χ4v) is 2.29. The Hall–Kier alpha value is -1.10. The number of nitrogens with zero attached hydrogens (tertiary/aromatic N) is 2. The van der Waals surface area contributed by atoms with E-state index in [1.807, 2.05) is 6.92 Å². The Morgan fingerprint density at radius 2 is 2.00 bits per heavy atom.